The highest BCUT2D eigenvalue weighted by Gasteiger charge is 2.27. The molecule has 0 bridgehead atoms. The molecule has 0 saturated carbocycles. The predicted molar refractivity (Wildman–Crippen MR) is 164 cm³/mol. The lowest BCUT2D eigenvalue weighted by atomic mass is 10.1. The van der Waals surface area contributed by atoms with Crippen molar-refractivity contribution in [1.29, 1.82) is 0 Å². The Morgan fingerprint density at radius 3 is 2.50 bits per heavy atom. The van der Waals surface area contributed by atoms with Gasteiger partial charge in [-0.1, -0.05) is 18.0 Å². The van der Waals surface area contributed by atoms with Gasteiger partial charge < -0.3 is 19.5 Å². The number of thiophene rings is 1. The third-order valence-electron chi connectivity index (χ3n) is 6.82. The fourth-order valence-corrected chi connectivity index (χ4v) is 6.15. The summed E-state index contributed by atoms with van der Waals surface area (Å²) in [5, 5.41) is 7.58. The summed E-state index contributed by atoms with van der Waals surface area (Å²) in [5.74, 6) is -1.07. The summed E-state index contributed by atoms with van der Waals surface area (Å²) in [7, 11) is 1.57. The molecule has 2 N–H and O–H groups in total. The number of hydrazone groups is 1. The molecule has 0 atom stereocenters. The molecule has 11 heteroatoms. The number of rotatable bonds is 9. The van der Waals surface area contributed by atoms with E-state index in [1.165, 1.54) is 17.6 Å². The highest BCUT2D eigenvalue weighted by molar-refractivity contribution is 7.17. The Bertz CT molecular complexity index is 1490. The molecule has 2 aromatic carbocycles. The van der Waals surface area contributed by atoms with Crippen molar-refractivity contribution in [3.05, 3.63) is 73.6 Å². The van der Waals surface area contributed by atoms with Gasteiger partial charge in [-0.25, -0.2) is 10.2 Å². The molecule has 1 aromatic heterocycles. The Morgan fingerprint density at radius 1 is 1.05 bits per heavy atom. The first-order chi connectivity index (χ1) is 20.2. The minimum absolute atomic E-state index is 0.214. The maximum Gasteiger partial charge on any atom is 0.341 e. The number of nitrogens with zero attached hydrogens (tertiary/aromatic N) is 1. The number of methoxy groups -OCH3 is 1. The fourth-order valence-electron chi connectivity index (χ4n) is 4.77. The first-order valence-corrected chi connectivity index (χ1v) is 14.9. The predicted octanol–water partition coefficient (Wildman–Crippen LogP) is 6.14. The number of aryl methyl sites for hydroxylation is 3. The van der Waals surface area contributed by atoms with Crippen molar-refractivity contribution in [2.75, 3.05) is 19.0 Å². The standard InChI is InChI=1S/C31H34ClN3O6S/c1-5-40-31(38)26-23-9-7-6-8-10-25(23)42-30(26)34-28(36)29(37)35-33-16-20-11-12-24(39-4)21(15-20)17-41-22-13-18(2)27(32)19(3)14-22/h11-16H,5-10,17H2,1-4H3,(H,34,36)(H,35,37)/b33-16+. The lowest BCUT2D eigenvalue weighted by Gasteiger charge is -2.13. The van der Waals surface area contributed by atoms with Crippen molar-refractivity contribution in [2.24, 2.45) is 5.10 Å². The van der Waals surface area contributed by atoms with E-state index < -0.39 is 17.8 Å². The van der Waals surface area contributed by atoms with Gasteiger partial charge in [-0.2, -0.15) is 5.10 Å². The number of anilines is 1. The summed E-state index contributed by atoms with van der Waals surface area (Å²) in [4.78, 5) is 39.0. The van der Waals surface area contributed by atoms with Crippen LogP contribution in [-0.4, -0.2) is 37.7 Å². The van der Waals surface area contributed by atoms with Gasteiger partial charge in [0, 0.05) is 15.5 Å². The van der Waals surface area contributed by atoms with Crippen LogP contribution >= 0.6 is 22.9 Å². The molecule has 42 heavy (non-hydrogen) atoms. The van der Waals surface area contributed by atoms with Gasteiger partial charge in [-0.3, -0.25) is 9.59 Å². The number of halogens is 1. The second-order valence-corrected chi connectivity index (χ2v) is 11.4. The van der Waals surface area contributed by atoms with Crippen LogP contribution in [0.1, 0.15) is 69.2 Å². The quantitative estimate of drug-likeness (QED) is 0.0987. The molecule has 0 spiro atoms. The molecule has 222 valence electrons. The van der Waals surface area contributed by atoms with Gasteiger partial charge in [0.25, 0.3) is 0 Å². The zero-order chi connectivity index (χ0) is 30.2. The van der Waals surface area contributed by atoms with Gasteiger partial charge in [0.1, 0.15) is 23.1 Å². The minimum Gasteiger partial charge on any atom is -0.496 e. The Morgan fingerprint density at radius 2 is 1.79 bits per heavy atom. The number of amides is 2. The van der Waals surface area contributed by atoms with Crippen molar-refractivity contribution in [1.82, 2.24) is 5.43 Å². The van der Waals surface area contributed by atoms with Crippen LogP contribution in [-0.2, 0) is 33.8 Å². The van der Waals surface area contributed by atoms with Crippen molar-refractivity contribution in [3.63, 3.8) is 0 Å². The number of benzene rings is 2. The molecule has 1 heterocycles. The average molecular weight is 612 g/mol. The maximum atomic E-state index is 12.7. The molecule has 9 nitrogen and oxygen atoms in total. The van der Waals surface area contributed by atoms with Crippen molar-refractivity contribution in [2.45, 2.75) is 59.5 Å². The molecule has 3 aromatic rings. The molecule has 0 unspecified atom stereocenters. The van der Waals surface area contributed by atoms with E-state index in [0.29, 0.717) is 32.6 Å². The smallest absolute Gasteiger partial charge is 0.341 e. The Balaban J connectivity index is 1.41. The number of hydrogen-bond donors (Lipinski definition) is 2. The number of fused-ring (bicyclic) bond motifs is 1. The van der Waals surface area contributed by atoms with Crippen molar-refractivity contribution < 1.29 is 28.6 Å². The molecule has 1 aliphatic carbocycles. The van der Waals surface area contributed by atoms with E-state index in [4.69, 9.17) is 25.8 Å². The molecule has 1 aliphatic rings. The number of hydrogen-bond acceptors (Lipinski definition) is 8. The monoisotopic (exact) mass is 611 g/mol. The summed E-state index contributed by atoms with van der Waals surface area (Å²) in [6, 6.07) is 9.09. The van der Waals surface area contributed by atoms with Crippen LogP contribution in [0, 0.1) is 13.8 Å². The first kappa shape index (κ1) is 31.1. The molecule has 0 saturated heterocycles. The maximum absolute atomic E-state index is 12.7. The molecule has 0 radical (unpaired) electrons. The van der Waals surface area contributed by atoms with Gasteiger partial charge in [-0.15, -0.1) is 11.3 Å². The SMILES string of the molecule is CCOC(=O)c1c(NC(=O)C(=O)N/N=C/c2ccc(OC)c(COc3cc(C)c(Cl)c(C)c3)c2)sc2c1CCCCC2. The molecule has 2 amide bonds. The van der Waals surface area contributed by atoms with Crippen LogP contribution in [0.4, 0.5) is 5.00 Å². The number of esters is 1. The second kappa shape index (κ2) is 14.3. The van der Waals surface area contributed by atoms with Crippen molar-refractivity contribution in [3.8, 4) is 11.5 Å². The number of carbonyl (C=O) groups excluding carboxylic acids is 3. The Labute approximate surface area is 254 Å². The second-order valence-electron chi connectivity index (χ2n) is 9.87. The molecule has 0 aliphatic heterocycles. The van der Waals surface area contributed by atoms with Crippen LogP contribution in [0.25, 0.3) is 0 Å². The summed E-state index contributed by atoms with van der Waals surface area (Å²) in [5.41, 5.74) is 6.77. The fraction of sp³-hybridized carbons (Fsp3) is 0.355. The number of ether oxygens (including phenoxy) is 3. The van der Waals surface area contributed by atoms with Crippen LogP contribution in [0.15, 0.2) is 35.4 Å². The van der Waals surface area contributed by atoms with Crippen LogP contribution in [0.5, 0.6) is 11.5 Å². The molecular weight excluding hydrogens is 578 g/mol. The van der Waals surface area contributed by atoms with Crippen LogP contribution in [0.3, 0.4) is 0 Å². The zero-order valence-corrected chi connectivity index (χ0v) is 25.7. The molecule has 4 rings (SSSR count). The summed E-state index contributed by atoms with van der Waals surface area (Å²) >= 11 is 7.59. The summed E-state index contributed by atoms with van der Waals surface area (Å²) in [6.07, 6.45) is 6.03. The first-order valence-electron chi connectivity index (χ1n) is 13.7. The van der Waals surface area contributed by atoms with E-state index in [1.54, 1.807) is 26.2 Å². The highest BCUT2D eigenvalue weighted by atomic mass is 35.5. The lowest BCUT2D eigenvalue weighted by Crippen LogP contribution is -2.32. The van der Waals surface area contributed by atoms with Crippen LogP contribution < -0.4 is 20.2 Å². The Kier molecular flexibility index (Phi) is 10.6. The zero-order valence-electron chi connectivity index (χ0n) is 24.1. The molecular formula is C31H34ClN3O6S. The van der Waals surface area contributed by atoms with Gasteiger partial charge >= 0.3 is 17.8 Å². The van der Waals surface area contributed by atoms with Gasteiger partial charge in [0.2, 0.25) is 0 Å². The normalized spacial score (nSPS) is 12.8. The highest BCUT2D eigenvalue weighted by Crippen LogP contribution is 2.38. The lowest BCUT2D eigenvalue weighted by molar-refractivity contribution is -0.136. The minimum atomic E-state index is -0.963. The largest absolute Gasteiger partial charge is 0.496 e. The van der Waals surface area contributed by atoms with E-state index in [1.807, 2.05) is 32.0 Å². The summed E-state index contributed by atoms with van der Waals surface area (Å²) in [6.45, 7) is 6.01. The van der Waals surface area contributed by atoms with Crippen molar-refractivity contribution >= 4 is 51.9 Å². The van der Waals surface area contributed by atoms with E-state index in [2.05, 4.69) is 15.8 Å². The summed E-state index contributed by atoms with van der Waals surface area (Å²) < 4.78 is 16.7. The van der Waals surface area contributed by atoms with E-state index in [-0.39, 0.29) is 13.2 Å². The van der Waals surface area contributed by atoms with Gasteiger partial charge in [0.15, 0.2) is 0 Å². The van der Waals surface area contributed by atoms with E-state index >= 15 is 0 Å². The number of carbonyl (C=O) groups is 3. The Hall–Kier alpha value is -3.89. The average Bonchev–Trinajstić information content (AvgIpc) is 3.14. The van der Waals surface area contributed by atoms with Crippen LogP contribution in [0.2, 0.25) is 5.02 Å². The number of nitrogens with one attached hydrogen (secondary N) is 2. The van der Waals surface area contributed by atoms with E-state index in [9.17, 15) is 14.4 Å². The topological polar surface area (TPSA) is 115 Å². The van der Waals surface area contributed by atoms with E-state index in [0.717, 1.165) is 59.2 Å². The molecule has 0 fully saturated rings. The third kappa shape index (κ3) is 7.49. The van der Waals surface area contributed by atoms with Gasteiger partial charge in [-0.05, 0) is 99.0 Å². The third-order valence-corrected chi connectivity index (χ3v) is 8.63. The van der Waals surface area contributed by atoms with Gasteiger partial charge in [0.05, 0.1) is 25.5 Å².